The van der Waals surface area contributed by atoms with Crippen molar-refractivity contribution < 1.29 is 4.39 Å². The van der Waals surface area contributed by atoms with Crippen LogP contribution in [0.4, 0.5) is 4.39 Å². The average Bonchev–Trinajstić information content (AvgIpc) is 2.37. The van der Waals surface area contributed by atoms with Crippen molar-refractivity contribution >= 4 is 31.9 Å². The van der Waals surface area contributed by atoms with Crippen LogP contribution in [0.5, 0.6) is 0 Å². The first kappa shape index (κ1) is 16.7. The minimum absolute atomic E-state index is 0.178. The summed E-state index contributed by atoms with van der Waals surface area (Å²) in [7, 11) is 0. The Morgan fingerprint density at radius 3 is 2.48 bits per heavy atom. The fourth-order valence-corrected chi connectivity index (χ4v) is 3.52. The molecule has 2 rings (SSSR count). The molecule has 1 nitrogen and oxygen atoms in total. The minimum atomic E-state index is -0.206. The molecule has 112 valence electrons. The Balaban J connectivity index is 2.30. The van der Waals surface area contributed by atoms with Gasteiger partial charge in [0.15, 0.2) is 0 Å². The van der Waals surface area contributed by atoms with Crippen LogP contribution >= 0.6 is 31.9 Å². The predicted octanol–water partition coefficient (Wildman–Crippen LogP) is 5.55. The summed E-state index contributed by atoms with van der Waals surface area (Å²) in [5.74, 6) is -0.206. The van der Waals surface area contributed by atoms with Crippen LogP contribution in [-0.2, 0) is 6.42 Å². The molecule has 0 aliphatic rings. The van der Waals surface area contributed by atoms with E-state index in [9.17, 15) is 4.39 Å². The van der Waals surface area contributed by atoms with Crippen LogP contribution in [0.25, 0.3) is 0 Å². The summed E-state index contributed by atoms with van der Waals surface area (Å²) < 4.78 is 15.4. The summed E-state index contributed by atoms with van der Waals surface area (Å²) in [4.78, 5) is 0. The smallest absolute Gasteiger partial charge is 0.124 e. The van der Waals surface area contributed by atoms with Gasteiger partial charge in [-0.15, -0.1) is 0 Å². The Morgan fingerprint density at radius 2 is 1.86 bits per heavy atom. The molecule has 1 N–H and O–H groups in total. The molecule has 0 radical (unpaired) electrons. The maximum Gasteiger partial charge on any atom is 0.124 e. The summed E-state index contributed by atoms with van der Waals surface area (Å²) in [6, 6.07) is 11.5. The number of nitrogens with one attached hydrogen (secondary N) is 1. The molecule has 0 aliphatic carbocycles. The van der Waals surface area contributed by atoms with Gasteiger partial charge in [-0.2, -0.15) is 0 Å². The summed E-state index contributed by atoms with van der Waals surface area (Å²) >= 11 is 6.85. The number of hydrogen-bond donors (Lipinski definition) is 1. The van der Waals surface area contributed by atoms with E-state index >= 15 is 0 Å². The van der Waals surface area contributed by atoms with E-state index in [-0.39, 0.29) is 11.9 Å². The van der Waals surface area contributed by atoms with Crippen molar-refractivity contribution in [2.45, 2.75) is 26.3 Å². The highest BCUT2D eigenvalue weighted by Gasteiger charge is 2.14. The molecule has 0 saturated heterocycles. The third kappa shape index (κ3) is 4.63. The molecule has 4 heteroatoms. The standard InChI is InChI=1S/C17H18Br2FN/c1-3-21-17(16-5-4-13(18)6-11(16)2)9-12-7-14(19)10-15(20)8-12/h4-8,10,17,21H,3,9H2,1-2H3. The molecule has 0 saturated carbocycles. The molecule has 2 aromatic carbocycles. The highest BCUT2D eigenvalue weighted by atomic mass is 79.9. The molecule has 0 heterocycles. The Morgan fingerprint density at radius 1 is 1.10 bits per heavy atom. The number of likely N-dealkylation sites (N-methyl/N-ethyl adjacent to an activating group) is 1. The monoisotopic (exact) mass is 413 g/mol. The van der Waals surface area contributed by atoms with E-state index in [1.165, 1.54) is 17.2 Å². The third-order valence-corrected chi connectivity index (χ3v) is 4.37. The minimum Gasteiger partial charge on any atom is -0.310 e. The first-order valence-corrected chi connectivity index (χ1v) is 8.52. The summed E-state index contributed by atoms with van der Waals surface area (Å²) in [5, 5.41) is 3.49. The molecule has 21 heavy (non-hydrogen) atoms. The van der Waals surface area contributed by atoms with Gasteiger partial charge in [-0.3, -0.25) is 0 Å². The van der Waals surface area contributed by atoms with Crippen molar-refractivity contribution in [2.75, 3.05) is 6.54 Å². The molecule has 0 fully saturated rings. The number of halogens is 3. The van der Waals surface area contributed by atoms with Crippen LogP contribution in [0.1, 0.15) is 29.7 Å². The molecule has 0 aliphatic heterocycles. The lowest BCUT2D eigenvalue weighted by atomic mass is 9.95. The zero-order chi connectivity index (χ0) is 15.4. The van der Waals surface area contributed by atoms with E-state index in [4.69, 9.17) is 0 Å². The third-order valence-electron chi connectivity index (χ3n) is 3.42. The van der Waals surface area contributed by atoms with Crippen molar-refractivity contribution in [3.05, 3.63) is 67.9 Å². The second kappa shape index (κ2) is 7.52. The van der Waals surface area contributed by atoms with Gasteiger partial charge < -0.3 is 5.32 Å². The van der Waals surface area contributed by atoms with Gasteiger partial charge >= 0.3 is 0 Å². The number of rotatable bonds is 5. The van der Waals surface area contributed by atoms with Crippen LogP contribution in [0, 0.1) is 12.7 Å². The highest BCUT2D eigenvalue weighted by Crippen LogP contribution is 2.26. The lowest BCUT2D eigenvalue weighted by Crippen LogP contribution is -2.23. The summed E-state index contributed by atoms with van der Waals surface area (Å²) in [6.07, 6.45) is 0.757. The van der Waals surface area contributed by atoms with Crippen LogP contribution < -0.4 is 5.32 Å². The Bertz CT molecular complexity index is 608. The Hall–Kier alpha value is -0.710. The van der Waals surface area contributed by atoms with E-state index < -0.39 is 0 Å². The molecule has 0 spiro atoms. The number of benzene rings is 2. The molecular weight excluding hydrogens is 397 g/mol. The fraction of sp³-hybridized carbons (Fsp3) is 0.294. The van der Waals surface area contributed by atoms with Crippen molar-refractivity contribution in [2.24, 2.45) is 0 Å². The SMILES string of the molecule is CCNC(Cc1cc(F)cc(Br)c1)c1ccc(Br)cc1C. The first-order chi connectivity index (χ1) is 9.99. The number of aryl methyl sites for hydroxylation is 1. The van der Waals surface area contributed by atoms with Crippen LogP contribution in [0.2, 0.25) is 0 Å². The van der Waals surface area contributed by atoms with Crippen molar-refractivity contribution in [1.29, 1.82) is 0 Å². The van der Waals surface area contributed by atoms with Gasteiger partial charge in [-0.05, 0) is 66.9 Å². The van der Waals surface area contributed by atoms with Crippen LogP contribution in [0.3, 0.4) is 0 Å². The van der Waals surface area contributed by atoms with E-state index in [1.807, 2.05) is 12.1 Å². The van der Waals surface area contributed by atoms with Crippen LogP contribution in [0.15, 0.2) is 45.3 Å². The van der Waals surface area contributed by atoms with Crippen LogP contribution in [-0.4, -0.2) is 6.54 Å². The normalized spacial score (nSPS) is 12.4. The lowest BCUT2D eigenvalue weighted by Gasteiger charge is -2.21. The second-order valence-corrected chi connectivity index (χ2v) is 6.92. The fourth-order valence-electron chi connectivity index (χ4n) is 2.53. The lowest BCUT2D eigenvalue weighted by molar-refractivity contribution is 0.544. The maximum atomic E-state index is 13.5. The van der Waals surface area contributed by atoms with Gasteiger partial charge in [-0.25, -0.2) is 4.39 Å². The zero-order valence-electron chi connectivity index (χ0n) is 12.1. The van der Waals surface area contributed by atoms with E-state index in [1.54, 1.807) is 6.07 Å². The van der Waals surface area contributed by atoms with E-state index in [0.29, 0.717) is 0 Å². The molecular formula is C17H18Br2FN. The quantitative estimate of drug-likeness (QED) is 0.675. The summed E-state index contributed by atoms with van der Waals surface area (Å²) in [5.41, 5.74) is 3.46. The molecule has 2 aromatic rings. The molecule has 1 unspecified atom stereocenters. The Labute approximate surface area is 142 Å². The topological polar surface area (TPSA) is 12.0 Å². The largest absolute Gasteiger partial charge is 0.310 e. The van der Waals surface area contributed by atoms with Crippen molar-refractivity contribution in [3.63, 3.8) is 0 Å². The van der Waals surface area contributed by atoms with Crippen molar-refractivity contribution in [3.8, 4) is 0 Å². The Kier molecular flexibility index (Phi) is 5.97. The van der Waals surface area contributed by atoms with E-state index in [2.05, 4.69) is 63.2 Å². The molecule has 0 bridgehead atoms. The highest BCUT2D eigenvalue weighted by molar-refractivity contribution is 9.10. The predicted molar refractivity (Wildman–Crippen MR) is 93.1 cm³/mol. The van der Waals surface area contributed by atoms with Gasteiger partial charge in [0, 0.05) is 15.0 Å². The van der Waals surface area contributed by atoms with Gasteiger partial charge in [0.05, 0.1) is 0 Å². The van der Waals surface area contributed by atoms with Gasteiger partial charge in [0.2, 0.25) is 0 Å². The summed E-state index contributed by atoms with van der Waals surface area (Å²) in [6.45, 7) is 5.06. The number of hydrogen-bond acceptors (Lipinski definition) is 1. The zero-order valence-corrected chi connectivity index (χ0v) is 15.3. The van der Waals surface area contributed by atoms with Gasteiger partial charge in [0.25, 0.3) is 0 Å². The first-order valence-electron chi connectivity index (χ1n) is 6.94. The second-order valence-electron chi connectivity index (χ2n) is 5.09. The average molecular weight is 415 g/mol. The van der Waals surface area contributed by atoms with Gasteiger partial charge in [0.1, 0.15) is 5.82 Å². The maximum absolute atomic E-state index is 13.5. The molecule has 0 amide bonds. The van der Waals surface area contributed by atoms with Gasteiger partial charge in [-0.1, -0.05) is 44.8 Å². The van der Waals surface area contributed by atoms with Crippen molar-refractivity contribution in [1.82, 2.24) is 5.32 Å². The van der Waals surface area contributed by atoms with E-state index in [0.717, 1.165) is 27.5 Å². The molecule has 0 aromatic heterocycles. The molecule has 1 atom stereocenters.